The third kappa shape index (κ3) is 4.42. The van der Waals surface area contributed by atoms with Crippen LogP contribution in [-0.2, 0) is 11.3 Å². The van der Waals surface area contributed by atoms with Crippen molar-refractivity contribution in [1.82, 2.24) is 14.7 Å². The normalized spacial score (nSPS) is 16.4. The number of hydrogen-bond acceptors (Lipinski definition) is 4. The zero-order valence-electron chi connectivity index (χ0n) is 18.1. The van der Waals surface area contributed by atoms with Gasteiger partial charge in [0.15, 0.2) is 0 Å². The Bertz CT molecular complexity index is 1290. The van der Waals surface area contributed by atoms with E-state index < -0.39 is 0 Å². The van der Waals surface area contributed by atoms with Gasteiger partial charge in [0.1, 0.15) is 5.82 Å². The molecule has 0 N–H and O–H groups in total. The fourth-order valence-electron chi connectivity index (χ4n) is 4.31. The molecule has 1 fully saturated rings. The van der Waals surface area contributed by atoms with Gasteiger partial charge in [-0.2, -0.15) is 10.4 Å². The van der Waals surface area contributed by atoms with Gasteiger partial charge in [-0.05, 0) is 29.3 Å². The molecule has 5 nitrogen and oxygen atoms in total. The van der Waals surface area contributed by atoms with Crippen molar-refractivity contribution in [1.29, 1.82) is 5.26 Å². The molecule has 2 heterocycles. The summed E-state index contributed by atoms with van der Waals surface area (Å²) >= 11 is 0. The Morgan fingerprint density at radius 1 is 1.06 bits per heavy atom. The number of hydrogen-bond donors (Lipinski definition) is 0. The summed E-state index contributed by atoms with van der Waals surface area (Å²) in [6, 6.07) is 24.7. The lowest BCUT2D eigenvalue weighted by Crippen LogP contribution is -2.39. The first-order valence-electron chi connectivity index (χ1n) is 10.9. The molecular formula is C27H23FN4O. The van der Waals surface area contributed by atoms with E-state index in [1.807, 2.05) is 73.1 Å². The molecule has 0 aliphatic carbocycles. The van der Waals surface area contributed by atoms with Crippen molar-refractivity contribution in [2.24, 2.45) is 0 Å². The van der Waals surface area contributed by atoms with E-state index in [1.165, 1.54) is 6.07 Å². The molecule has 0 saturated carbocycles. The second-order valence-electron chi connectivity index (χ2n) is 8.08. The number of aromatic nitrogens is 2. The molecule has 1 aromatic heterocycles. The molecule has 1 atom stereocenters. The lowest BCUT2D eigenvalue weighted by Gasteiger charge is -2.35. The van der Waals surface area contributed by atoms with Gasteiger partial charge in [-0.15, -0.1) is 0 Å². The summed E-state index contributed by atoms with van der Waals surface area (Å²) in [5, 5.41) is 14.2. The van der Waals surface area contributed by atoms with Gasteiger partial charge in [-0.1, -0.05) is 54.6 Å². The van der Waals surface area contributed by atoms with Crippen LogP contribution in [0.15, 0.2) is 85.2 Å². The van der Waals surface area contributed by atoms with Crippen LogP contribution < -0.4 is 0 Å². The van der Waals surface area contributed by atoms with E-state index in [4.69, 9.17) is 4.74 Å². The summed E-state index contributed by atoms with van der Waals surface area (Å²) in [6.07, 6.45) is 3.79. The quantitative estimate of drug-likeness (QED) is 0.434. The molecule has 5 rings (SSSR count). The van der Waals surface area contributed by atoms with Gasteiger partial charge in [0, 0.05) is 30.4 Å². The first kappa shape index (κ1) is 21.1. The summed E-state index contributed by atoms with van der Waals surface area (Å²) in [5.41, 5.74) is 5.00. The Balaban J connectivity index is 1.38. The summed E-state index contributed by atoms with van der Waals surface area (Å²) in [4.78, 5) is 2.22. The SMILES string of the molecule is N#Cc1cc(-n2cc(CN3CCOCC3c3ccccc3F)cn2)ccc1-c1ccccc1. The van der Waals surface area contributed by atoms with Crippen LogP contribution >= 0.6 is 0 Å². The lowest BCUT2D eigenvalue weighted by molar-refractivity contribution is -0.0139. The molecular weight excluding hydrogens is 415 g/mol. The fraction of sp³-hybridized carbons (Fsp3) is 0.185. The standard InChI is InChI=1S/C27H23FN4O/c28-26-9-5-4-8-25(26)27-19-33-13-12-31(27)17-20-16-30-32(18-20)23-10-11-24(22(14-23)15-29)21-6-2-1-3-7-21/h1-11,14,16,18,27H,12-13,17,19H2. The topological polar surface area (TPSA) is 54.1 Å². The van der Waals surface area contributed by atoms with Crippen molar-refractivity contribution in [3.63, 3.8) is 0 Å². The van der Waals surface area contributed by atoms with Gasteiger partial charge in [-0.3, -0.25) is 4.90 Å². The van der Waals surface area contributed by atoms with Crippen molar-refractivity contribution in [2.75, 3.05) is 19.8 Å². The zero-order chi connectivity index (χ0) is 22.6. The van der Waals surface area contributed by atoms with Gasteiger partial charge in [-0.25, -0.2) is 9.07 Å². The summed E-state index contributed by atoms with van der Waals surface area (Å²) < 4.78 is 21.8. The summed E-state index contributed by atoms with van der Waals surface area (Å²) in [5.74, 6) is -0.212. The molecule has 164 valence electrons. The van der Waals surface area contributed by atoms with Crippen molar-refractivity contribution >= 4 is 0 Å². The minimum Gasteiger partial charge on any atom is -0.378 e. The van der Waals surface area contributed by atoms with Crippen LogP contribution in [-0.4, -0.2) is 34.4 Å². The number of benzene rings is 3. The molecule has 6 heteroatoms. The Hall–Kier alpha value is -3.79. The number of nitrogens with zero attached hydrogens (tertiary/aromatic N) is 4. The van der Waals surface area contributed by atoms with Crippen molar-refractivity contribution in [2.45, 2.75) is 12.6 Å². The van der Waals surface area contributed by atoms with Crippen molar-refractivity contribution in [3.05, 3.63) is 108 Å². The van der Waals surface area contributed by atoms with Crippen LogP contribution in [0.4, 0.5) is 4.39 Å². The highest BCUT2D eigenvalue weighted by molar-refractivity contribution is 5.72. The first-order valence-corrected chi connectivity index (χ1v) is 10.9. The molecule has 1 saturated heterocycles. The van der Waals surface area contributed by atoms with Crippen molar-refractivity contribution in [3.8, 4) is 22.9 Å². The number of ether oxygens (including phenoxy) is 1. The molecule has 3 aromatic carbocycles. The van der Waals surface area contributed by atoms with Crippen LogP contribution in [0.5, 0.6) is 0 Å². The van der Waals surface area contributed by atoms with Crippen molar-refractivity contribution < 1.29 is 9.13 Å². The predicted molar refractivity (Wildman–Crippen MR) is 124 cm³/mol. The van der Waals surface area contributed by atoms with Gasteiger partial charge >= 0.3 is 0 Å². The maximum atomic E-state index is 14.4. The highest BCUT2D eigenvalue weighted by Gasteiger charge is 2.27. The largest absolute Gasteiger partial charge is 0.378 e. The van der Waals surface area contributed by atoms with Crippen LogP contribution in [0, 0.1) is 17.1 Å². The highest BCUT2D eigenvalue weighted by Crippen LogP contribution is 2.29. The second kappa shape index (κ2) is 9.37. The first-order chi connectivity index (χ1) is 16.2. The molecule has 1 aliphatic heterocycles. The van der Waals surface area contributed by atoms with Gasteiger partial charge in [0.2, 0.25) is 0 Å². The van der Waals surface area contributed by atoms with Crippen LogP contribution in [0.25, 0.3) is 16.8 Å². The molecule has 1 unspecified atom stereocenters. The zero-order valence-corrected chi connectivity index (χ0v) is 18.1. The Morgan fingerprint density at radius 2 is 1.88 bits per heavy atom. The maximum absolute atomic E-state index is 14.4. The van der Waals surface area contributed by atoms with E-state index in [2.05, 4.69) is 16.1 Å². The van der Waals surface area contributed by atoms with Crippen LogP contribution in [0.3, 0.4) is 0 Å². The monoisotopic (exact) mass is 438 g/mol. The third-order valence-electron chi connectivity index (χ3n) is 6.00. The smallest absolute Gasteiger partial charge is 0.128 e. The number of halogens is 1. The molecule has 4 aromatic rings. The molecule has 33 heavy (non-hydrogen) atoms. The Kier molecular flexibility index (Phi) is 5.99. The highest BCUT2D eigenvalue weighted by atomic mass is 19.1. The fourth-order valence-corrected chi connectivity index (χ4v) is 4.31. The Morgan fingerprint density at radius 3 is 2.70 bits per heavy atom. The summed E-state index contributed by atoms with van der Waals surface area (Å²) in [6.45, 7) is 2.43. The van der Waals surface area contributed by atoms with E-state index in [-0.39, 0.29) is 11.9 Å². The van der Waals surface area contributed by atoms with E-state index in [0.29, 0.717) is 37.4 Å². The molecule has 1 aliphatic rings. The number of morpholine rings is 1. The molecule has 0 radical (unpaired) electrons. The number of rotatable bonds is 5. The van der Waals surface area contributed by atoms with E-state index in [1.54, 1.807) is 10.7 Å². The predicted octanol–water partition coefficient (Wildman–Crippen LogP) is 5.12. The van der Waals surface area contributed by atoms with Gasteiger partial charge in [0.25, 0.3) is 0 Å². The van der Waals surface area contributed by atoms with Gasteiger partial charge in [0.05, 0.1) is 42.8 Å². The maximum Gasteiger partial charge on any atom is 0.128 e. The minimum absolute atomic E-state index is 0.140. The van der Waals surface area contributed by atoms with E-state index >= 15 is 0 Å². The van der Waals surface area contributed by atoms with Crippen LogP contribution in [0.1, 0.15) is 22.7 Å². The van der Waals surface area contributed by atoms with Crippen LogP contribution in [0.2, 0.25) is 0 Å². The average molecular weight is 439 g/mol. The summed E-state index contributed by atoms with van der Waals surface area (Å²) in [7, 11) is 0. The van der Waals surface area contributed by atoms with Gasteiger partial charge < -0.3 is 4.74 Å². The minimum atomic E-state index is -0.212. The number of nitriles is 1. The third-order valence-corrected chi connectivity index (χ3v) is 6.00. The molecule has 0 spiro atoms. The Labute approximate surface area is 192 Å². The molecule has 0 amide bonds. The average Bonchev–Trinajstić information content (AvgIpc) is 3.33. The molecule has 0 bridgehead atoms. The lowest BCUT2D eigenvalue weighted by atomic mass is 10.00. The van der Waals surface area contributed by atoms with E-state index in [9.17, 15) is 9.65 Å². The van der Waals surface area contributed by atoms with E-state index in [0.717, 1.165) is 22.4 Å². The second-order valence-corrected chi connectivity index (χ2v) is 8.08.